The van der Waals surface area contributed by atoms with Crippen molar-refractivity contribution in [1.82, 2.24) is 15.0 Å². The average Bonchev–Trinajstić information content (AvgIpc) is 3.11. The maximum Gasteiger partial charge on any atom is 0.205 e. The van der Waals surface area contributed by atoms with Crippen LogP contribution in [-0.2, 0) is 13.0 Å². The van der Waals surface area contributed by atoms with Crippen molar-refractivity contribution in [3.8, 4) is 0 Å². The summed E-state index contributed by atoms with van der Waals surface area (Å²) in [4.78, 5) is 15.1. The fourth-order valence-electron chi connectivity index (χ4n) is 2.97. The van der Waals surface area contributed by atoms with Gasteiger partial charge >= 0.3 is 0 Å². The first-order valence-electron chi connectivity index (χ1n) is 8.58. The minimum atomic E-state index is -0.476. The summed E-state index contributed by atoms with van der Waals surface area (Å²) in [7, 11) is 0. The number of aromatic amines is 1. The summed E-state index contributed by atoms with van der Waals surface area (Å²) in [5.41, 5.74) is 3.49. The summed E-state index contributed by atoms with van der Waals surface area (Å²) >= 11 is 0. The van der Waals surface area contributed by atoms with Crippen LogP contribution in [0.3, 0.4) is 0 Å². The van der Waals surface area contributed by atoms with Crippen molar-refractivity contribution in [3.63, 3.8) is 0 Å². The minimum absolute atomic E-state index is 0.142. The van der Waals surface area contributed by atoms with Gasteiger partial charge in [-0.1, -0.05) is 6.07 Å². The molecule has 3 heterocycles. The fourth-order valence-corrected chi connectivity index (χ4v) is 2.97. The van der Waals surface area contributed by atoms with E-state index in [1.165, 1.54) is 6.07 Å². The number of hydrogen-bond donors (Lipinski definition) is 2. The van der Waals surface area contributed by atoms with E-state index < -0.39 is 11.6 Å². The summed E-state index contributed by atoms with van der Waals surface area (Å²) in [5.74, 6) is -0.364. The number of rotatable bonds is 5. The molecule has 2 N–H and O–H groups in total. The molecule has 0 fully saturated rings. The van der Waals surface area contributed by atoms with E-state index in [9.17, 15) is 8.78 Å². The van der Waals surface area contributed by atoms with Crippen LogP contribution >= 0.6 is 0 Å². The first-order chi connectivity index (χ1) is 13.6. The van der Waals surface area contributed by atoms with Crippen molar-refractivity contribution < 1.29 is 8.78 Å². The number of H-pyrrole nitrogens is 1. The molecule has 0 atom stereocenters. The fraction of sp³-hybridized carbons (Fsp3) is 0.0952. The van der Waals surface area contributed by atoms with Crippen LogP contribution in [0.2, 0.25) is 0 Å². The SMILES string of the molecule is [C-]#[N+]c1cnc2[nH]cc(Cc3ccc(NCc4cc(F)ccc4F)nc3)c2c1. The number of halogens is 2. The van der Waals surface area contributed by atoms with Crippen LogP contribution in [0.5, 0.6) is 0 Å². The van der Waals surface area contributed by atoms with Gasteiger partial charge in [-0.15, -0.1) is 0 Å². The molecule has 4 rings (SSSR count). The lowest BCUT2D eigenvalue weighted by molar-refractivity contribution is 0.587. The van der Waals surface area contributed by atoms with E-state index >= 15 is 0 Å². The molecule has 0 bridgehead atoms. The molecule has 28 heavy (non-hydrogen) atoms. The molecule has 0 radical (unpaired) electrons. The lowest BCUT2D eigenvalue weighted by Crippen LogP contribution is -2.04. The molecule has 0 spiro atoms. The zero-order valence-corrected chi connectivity index (χ0v) is 14.7. The van der Waals surface area contributed by atoms with Crippen molar-refractivity contribution in [2.75, 3.05) is 5.32 Å². The highest BCUT2D eigenvalue weighted by Crippen LogP contribution is 2.24. The van der Waals surface area contributed by atoms with Gasteiger partial charge in [-0.05, 0) is 41.5 Å². The van der Waals surface area contributed by atoms with Crippen LogP contribution in [0.4, 0.5) is 20.3 Å². The largest absolute Gasteiger partial charge is 0.366 e. The molecule has 4 aromatic rings. The lowest BCUT2D eigenvalue weighted by atomic mass is 10.1. The van der Waals surface area contributed by atoms with Crippen LogP contribution in [0.15, 0.2) is 55.0 Å². The molecule has 0 amide bonds. The number of aromatic nitrogens is 3. The van der Waals surface area contributed by atoms with E-state index in [1.54, 1.807) is 18.5 Å². The third-order valence-electron chi connectivity index (χ3n) is 4.42. The Kier molecular flexibility index (Phi) is 4.68. The van der Waals surface area contributed by atoms with Crippen molar-refractivity contribution in [2.45, 2.75) is 13.0 Å². The van der Waals surface area contributed by atoms with Crippen LogP contribution in [0.1, 0.15) is 16.7 Å². The van der Waals surface area contributed by atoms with Gasteiger partial charge in [-0.25, -0.2) is 18.6 Å². The molecule has 0 saturated heterocycles. The van der Waals surface area contributed by atoms with Gasteiger partial charge in [-0.2, -0.15) is 0 Å². The number of nitrogens with zero attached hydrogens (tertiary/aromatic N) is 3. The van der Waals surface area contributed by atoms with E-state index in [-0.39, 0.29) is 12.1 Å². The lowest BCUT2D eigenvalue weighted by Gasteiger charge is -2.08. The van der Waals surface area contributed by atoms with Crippen molar-refractivity contribution >= 4 is 22.5 Å². The summed E-state index contributed by atoms with van der Waals surface area (Å²) in [6.07, 6.45) is 5.79. The highest BCUT2D eigenvalue weighted by atomic mass is 19.1. The number of anilines is 1. The molecular formula is C21H15F2N5. The third kappa shape index (κ3) is 3.67. The van der Waals surface area contributed by atoms with Gasteiger partial charge in [0, 0.05) is 42.5 Å². The molecule has 138 valence electrons. The Morgan fingerprint density at radius 2 is 1.93 bits per heavy atom. The Morgan fingerprint density at radius 3 is 2.71 bits per heavy atom. The van der Waals surface area contributed by atoms with Gasteiger partial charge in [0.15, 0.2) is 0 Å². The Balaban J connectivity index is 1.46. The molecule has 7 heteroatoms. The van der Waals surface area contributed by atoms with Crippen LogP contribution in [-0.4, -0.2) is 15.0 Å². The summed E-state index contributed by atoms with van der Waals surface area (Å²) in [6, 6.07) is 8.90. The molecule has 0 aliphatic carbocycles. The van der Waals surface area contributed by atoms with E-state index in [0.29, 0.717) is 17.9 Å². The highest BCUT2D eigenvalue weighted by molar-refractivity contribution is 5.83. The first kappa shape index (κ1) is 17.6. The van der Waals surface area contributed by atoms with Crippen molar-refractivity contribution in [2.24, 2.45) is 0 Å². The monoisotopic (exact) mass is 375 g/mol. The van der Waals surface area contributed by atoms with Crippen LogP contribution in [0.25, 0.3) is 15.9 Å². The maximum absolute atomic E-state index is 13.7. The third-order valence-corrected chi connectivity index (χ3v) is 4.42. The summed E-state index contributed by atoms with van der Waals surface area (Å²) in [5, 5.41) is 3.91. The predicted octanol–water partition coefficient (Wildman–Crippen LogP) is 4.99. The number of hydrogen-bond acceptors (Lipinski definition) is 3. The zero-order valence-electron chi connectivity index (χ0n) is 14.7. The average molecular weight is 375 g/mol. The van der Waals surface area contributed by atoms with Gasteiger partial charge in [0.2, 0.25) is 5.69 Å². The van der Waals surface area contributed by atoms with Crippen LogP contribution in [0, 0.1) is 18.2 Å². The van der Waals surface area contributed by atoms with Crippen molar-refractivity contribution in [1.29, 1.82) is 0 Å². The van der Waals surface area contributed by atoms with E-state index in [2.05, 4.69) is 25.1 Å². The van der Waals surface area contributed by atoms with Crippen LogP contribution < -0.4 is 5.32 Å². The molecule has 0 aliphatic rings. The quantitative estimate of drug-likeness (QED) is 0.483. The summed E-state index contributed by atoms with van der Waals surface area (Å²) < 4.78 is 26.9. The zero-order chi connectivity index (χ0) is 19.5. The first-order valence-corrected chi connectivity index (χ1v) is 8.58. The Morgan fingerprint density at radius 1 is 1.04 bits per heavy atom. The van der Waals surface area contributed by atoms with E-state index in [4.69, 9.17) is 6.57 Å². The Hall–Kier alpha value is -3.79. The van der Waals surface area contributed by atoms with Gasteiger partial charge in [-0.3, -0.25) is 4.98 Å². The molecule has 5 nitrogen and oxygen atoms in total. The molecule has 3 aromatic heterocycles. The van der Waals surface area contributed by atoms with E-state index in [0.717, 1.165) is 34.3 Å². The topological polar surface area (TPSA) is 58.0 Å². The second-order valence-electron chi connectivity index (χ2n) is 6.33. The van der Waals surface area contributed by atoms with Gasteiger partial charge in [0.05, 0.1) is 6.57 Å². The molecule has 0 saturated carbocycles. The normalized spacial score (nSPS) is 10.8. The minimum Gasteiger partial charge on any atom is -0.366 e. The van der Waals surface area contributed by atoms with Gasteiger partial charge in [0.1, 0.15) is 23.1 Å². The highest BCUT2D eigenvalue weighted by Gasteiger charge is 2.08. The Bertz CT molecular complexity index is 1180. The van der Waals surface area contributed by atoms with E-state index in [1.807, 2.05) is 18.3 Å². The van der Waals surface area contributed by atoms with Gasteiger partial charge in [0.25, 0.3) is 0 Å². The molecule has 1 aromatic carbocycles. The number of benzene rings is 1. The molecule has 0 aliphatic heterocycles. The number of fused-ring (bicyclic) bond motifs is 1. The van der Waals surface area contributed by atoms with Crippen molar-refractivity contribution in [3.05, 3.63) is 94.7 Å². The second-order valence-corrected chi connectivity index (χ2v) is 6.33. The van der Waals surface area contributed by atoms with Gasteiger partial charge < -0.3 is 10.3 Å². The second kappa shape index (κ2) is 7.45. The summed E-state index contributed by atoms with van der Waals surface area (Å²) in [6.45, 7) is 7.27. The predicted molar refractivity (Wildman–Crippen MR) is 103 cm³/mol. The smallest absolute Gasteiger partial charge is 0.205 e. The number of nitrogens with one attached hydrogen (secondary N) is 2. The standard InChI is InChI=1S/C21H15F2N5/c1-24-17-8-18-14(10-27-21(18)28-12-17)6-13-2-5-20(25-9-13)26-11-15-7-16(22)3-4-19(15)23/h2-5,7-10,12H,6,11H2,(H,25,26)(H,27,28). The Labute approximate surface area is 159 Å². The molecular weight excluding hydrogens is 360 g/mol. The number of pyridine rings is 2. The maximum atomic E-state index is 13.7. The molecule has 0 unspecified atom stereocenters.